The molecule has 1 aliphatic heterocycles. The van der Waals surface area contributed by atoms with Crippen LogP contribution in [0.25, 0.3) is 0 Å². The van der Waals surface area contributed by atoms with E-state index in [0.717, 1.165) is 18.9 Å². The predicted molar refractivity (Wildman–Crippen MR) is 56.4 cm³/mol. The zero-order valence-corrected chi connectivity index (χ0v) is 9.20. The molecule has 0 amide bonds. The van der Waals surface area contributed by atoms with Gasteiger partial charge in [-0.15, -0.1) is 0 Å². The second kappa shape index (κ2) is 5.23. The molecule has 1 aromatic heterocycles. The number of nitrogens with one attached hydrogen (secondary N) is 1. The largest absolute Gasteiger partial charge is 0.340 e. The Labute approximate surface area is 89.8 Å². The maximum Gasteiger partial charge on any atom is 0.223 e. The lowest BCUT2D eigenvalue weighted by Gasteiger charge is -2.13. The van der Waals surface area contributed by atoms with Crippen LogP contribution in [0.2, 0.25) is 0 Å². The molecule has 84 valence electrons. The van der Waals surface area contributed by atoms with Gasteiger partial charge in [0, 0.05) is 20.0 Å². The lowest BCUT2D eigenvalue weighted by atomic mass is 10.4. The molecule has 0 spiro atoms. The van der Waals surface area contributed by atoms with Crippen molar-refractivity contribution < 1.29 is 4.52 Å². The minimum atomic E-state index is 0.631. The molecule has 2 heterocycles. The fourth-order valence-corrected chi connectivity index (χ4v) is 1.86. The van der Waals surface area contributed by atoms with Crippen molar-refractivity contribution in [2.45, 2.75) is 26.3 Å². The Balaban J connectivity index is 1.58. The van der Waals surface area contributed by atoms with Gasteiger partial charge in [-0.2, -0.15) is 4.98 Å². The van der Waals surface area contributed by atoms with Crippen LogP contribution in [0.3, 0.4) is 0 Å². The Morgan fingerprint density at radius 3 is 2.87 bits per heavy atom. The molecule has 15 heavy (non-hydrogen) atoms. The van der Waals surface area contributed by atoms with E-state index in [2.05, 4.69) is 20.4 Å². The number of aryl methyl sites for hydroxylation is 1. The summed E-state index contributed by atoms with van der Waals surface area (Å²) in [5, 5.41) is 7.14. The minimum Gasteiger partial charge on any atom is -0.340 e. The average molecular weight is 210 g/mol. The van der Waals surface area contributed by atoms with Crippen molar-refractivity contribution in [3.8, 4) is 0 Å². The summed E-state index contributed by atoms with van der Waals surface area (Å²) in [5.41, 5.74) is 0. The summed E-state index contributed by atoms with van der Waals surface area (Å²) < 4.78 is 4.88. The Bertz CT molecular complexity index is 293. The first-order chi connectivity index (χ1) is 7.34. The van der Waals surface area contributed by atoms with E-state index < -0.39 is 0 Å². The van der Waals surface area contributed by atoms with Gasteiger partial charge in [-0.05, 0) is 25.9 Å². The monoisotopic (exact) mass is 210 g/mol. The lowest BCUT2D eigenvalue weighted by Crippen LogP contribution is -2.29. The van der Waals surface area contributed by atoms with Crippen molar-refractivity contribution in [1.29, 1.82) is 0 Å². The van der Waals surface area contributed by atoms with Crippen molar-refractivity contribution in [1.82, 2.24) is 20.4 Å². The van der Waals surface area contributed by atoms with E-state index >= 15 is 0 Å². The van der Waals surface area contributed by atoms with Gasteiger partial charge in [0.2, 0.25) is 5.89 Å². The molecular weight excluding hydrogens is 192 g/mol. The summed E-state index contributed by atoms with van der Waals surface area (Å²) in [4.78, 5) is 6.61. The number of nitrogens with zero attached hydrogens (tertiary/aromatic N) is 3. The first-order valence-corrected chi connectivity index (χ1v) is 5.57. The van der Waals surface area contributed by atoms with Crippen LogP contribution in [-0.4, -0.2) is 41.2 Å². The van der Waals surface area contributed by atoms with Crippen LogP contribution < -0.4 is 5.32 Å². The highest BCUT2D eigenvalue weighted by Crippen LogP contribution is 2.05. The maximum absolute atomic E-state index is 4.88. The molecule has 0 aliphatic carbocycles. The number of likely N-dealkylation sites (tertiary alicyclic amines) is 1. The fraction of sp³-hybridized carbons (Fsp3) is 0.800. The first kappa shape index (κ1) is 10.6. The zero-order valence-electron chi connectivity index (χ0n) is 9.20. The molecule has 0 atom stereocenters. The van der Waals surface area contributed by atoms with E-state index in [1.165, 1.54) is 25.9 Å². The molecule has 2 rings (SSSR count). The molecule has 1 fully saturated rings. The highest BCUT2D eigenvalue weighted by Gasteiger charge is 2.10. The van der Waals surface area contributed by atoms with Crippen LogP contribution in [0.5, 0.6) is 0 Å². The normalized spacial score (nSPS) is 17.4. The fourth-order valence-electron chi connectivity index (χ4n) is 1.86. The summed E-state index contributed by atoms with van der Waals surface area (Å²) in [5.74, 6) is 1.38. The quantitative estimate of drug-likeness (QED) is 0.720. The Morgan fingerprint density at radius 1 is 1.40 bits per heavy atom. The van der Waals surface area contributed by atoms with E-state index in [1.54, 1.807) is 6.92 Å². The van der Waals surface area contributed by atoms with E-state index in [0.29, 0.717) is 12.4 Å². The van der Waals surface area contributed by atoms with Gasteiger partial charge in [-0.25, -0.2) is 0 Å². The summed E-state index contributed by atoms with van der Waals surface area (Å²) in [6.07, 6.45) is 2.70. The van der Waals surface area contributed by atoms with Gasteiger partial charge in [0.15, 0.2) is 5.82 Å². The topological polar surface area (TPSA) is 54.2 Å². The third-order valence-corrected chi connectivity index (χ3v) is 2.66. The van der Waals surface area contributed by atoms with Gasteiger partial charge in [0.05, 0.1) is 6.54 Å². The van der Waals surface area contributed by atoms with Crippen molar-refractivity contribution in [2.24, 2.45) is 0 Å². The second-order valence-corrected chi connectivity index (χ2v) is 3.96. The van der Waals surface area contributed by atoms with Crippen molar-refractivity contribution in [2.75, 3.05) is 26.2 Å². The van der Waals surface area contributed by atoms with Crippen LogP contribution >= 0.6 is 0 Å². The van der Waals surface area contributed by atoms with Crippen LogP contribution in [0.1, 0.15) is 24.6 Å². The van der Waals surface area contributed by atoms with Crippen molar-refractivity contribution >= 4 is 0 Å². The second-order valence-electron chi connectivity index (χ2n) is 3.96. The van der Waals surface area contributed by atoms with Crippen LogP contribution in [0.15, 0.2) is 4.52 Å². The molecule has 1 saturated heterocycles. The molecule has 1 aliphatic rings. The first-order valence-electron chi connectivity index (χ1n) is 5.57. The Hall–Kier alpha value is -0.940. The molecule has 1 aromatic rings. The molecule has 0 saturated carbocycles. The Kier molecular flexibility index (Phi) is 3.69. The van der Waals surface area contributed by atoms with E-state index in [-0.39, 0.29) is 0 Å². The lowest BCUT2D eigenvalue weighted by molar-refractivity contribution is 0.334. The predicted octanol–water partition coefficient (Wildman–Crippen LogP) is 0.563. The van der Waals surface area contributed by atoms with Crippen LogP contribution in [-0.2, 0) is 6.54 Å². The number of hydrogen-bond donors (Lipinski definition) is 1. The molecule has 0 unspecified atom stereocenters. The van der Waals surface area contributed by atoms with Gasteiger partial charge < -0.3 is 14.7 Å². The molecule has 0 bridgehead atoms. The average Bonchev–Trinajstić information content (AvgIpc) is 2.84. The van der Waals surface area contributed by atoms with Crippen LogP contribution in [0, 0.1) is 6.92 Å². The number of rotatable bonds is 5. The van der Waals surface area contributed by atoms with Crippen molar-refractivity contribution in [3.05, 3.63) is 11.7 Å². The van der Waals surface area contributed by atoms with E-state index in [9.17, 15) is 0 Å². The molecule has 5 heteroatoms. The number of aromatic nitrogens is 2. The molecule has 5 nitrogen and oxygen atoms in total. The summed E-state index contributed by atoms with van der Waals surface area (Å²) in [6.45, 7) is 7.13. The Morgan fingerprint density at radius 2 is 2.20 bits per heavy atom. The summed E-state index contributed by atoms with van der Waals surface area (Å²) in [6, 6.07) is 0. The third kappa shape index (κ3) is 3.28. The minimum absolute atomic E-state index is 0.631. The van der Waals surface area contributed by atoms with E-state index in [1.807, 2.05) is 0 Å². The number of hydrogen-bond acceptors (Lipinski definition) is 5. The van der Waals surface area contributed by atoms with Gasteiger partial charge >= 0.3 is 0 Å². The van der Waals surface area contributed by atoms with Crippen molar-refractivity contribution in [3.63, 3.8) is 0 Å². The van der Waals surface area contributed by atoms with Gasteiger partial charge in [0.25, 0.3) is 0 Å². The zero-order chi connectivity index (χ0) is 10.5. The van der Waals surface area contributed by atoms with Gasteiger partial charge in [-0.3, -0.25) is 0 Å². The summed E-state index contributed by atoms with van der Waals surface area (Å²) >= 11 is 0. The third-order valence-electron chi connectivity index (χ3n) is 2.66. The highest BCUT2D eigenvalue weighted by atomic mass is 16.5. The molecule has 0 radical (unpaired) electrons. The van der Waals surface area contributed by atoms with Crippen LogP contribution in [0.4, 0.5) is 0 Å². The smallest absolute Gasteiger partial charge is 0.223 e. The van der Waals surface area contributed by atoms with Gasteiger partial charge in [0.1, 0.15) is 0 Å². The van der Waals surface area contributed by atoms with E-state index in [4.69, 9.17) is 4.52 Å². The standard InChI is InChI=1S/C10H18N4O/c1-9-12-10(13-15-9)8-11-4-7-14-5-2-3-6-14/h11H,2-8H2,1H3. The molecule has 1 N–H and O–H groups in total. The highest BCUT2D eigenvalue weighted by molar-refractivity contribution is 4.82. The molecular formula is C10H18N4O. The maximum atomic E-state index is 4.88. The SMILES string of the molecule is Cc1nc(CNCCN2CCCC2)no1. The van der Waals surface area contributed by atoms with Gasteiger partial charge in [-0.1, -0.05) is 5.16 Å². The summed E-state index contributed by atoms with van der Waals surface area (Å²) in [7, 11) is 0. The molecule has 0 aromatic carbocycles.